The van der Waals surface area contributed by atoms with E-state index < -0.39 is 17.7 Å². The van der Waals surface area contributed by atoms with E-state index in [0.717, 1.165) is 4.90 Å². The summed E-state index contributed by atoms with van der Waals surface area (Å²) >= 11 is 3.18. The van der Waals surface area contributed by atoms with E-state index in [4.69, 9.17) is 15.6 Å². The normalized spacial score (nSPS) is 21.8. The lowest BCUT2D eigenvalue weighted by molar-refractivity contribution is -0.154. The summed E-state index contributed by atoms with van der Waals surface area (Å²) in [7, 11) is 0. The molecule has 9 heteroatoms. The van der Waals surface area contributed by atoms with Gasteiger partial charge in [-0.25, -0.2) is 14.6 Å². The molecule has 20 heavy (non-hydrogen) atoms. The van der Waals surface area contributed by atoms with E-state index in [0.29, 0.717) is 4.47 Å². The largest absolute Gasteiger partial charge is 0.478 e. The van der Waals surface area contributed by atoms with Crippen LogP contribution in [0.2, 0.25) is 0 Å². The van der Waals surface area contributed by atoms with Gasteiger partial charge in [0, 0.05) is 23.6 Å². The summed E-state index contributed by atoms with van der Waals surface area (Å²) < 4.78 is 6.06. The van der Waals surface area contributed by atoms with E-state index in [9.17, 15) is 14.7 Å². The molecule has 8 nitrogen and oxygen atoms in total. The molecule has 0 spiro atoms. The zero-order valence-corrected chi connectivity index (χ0v) is 11.8. The number of ether oxygens (including phenoxy) is 1. The van der Waals surface area contributed by atoms with Gasteiger partial charge in [0.1, 0.15) is 0 Å². The van der Waals surface area contributed by atoms with Crippen molar-refractivity contribution in [3.63, 3.8) is 0 Å². The SMILES string of the molecule is Nc1cc(Br)cnc1OC1(C(=O)O)CCN(C(=O)O)C1. The topological polar surface area (TPSA) is 126 Å². The van der Waals surface area contributed by atoms with Gasteiger partial charge in [0.05, 0.1) is 12.2 Å². The molecule has 2 heterocycles. The Labute approximate surface area is 122 Å². The molecule has 1 saturated heterocycles. The zero-order chi connectivity index (χ0) is 14.9. The number of nitrogens with two attached hydrogens (primary N) is 1. The second-order valence-corrected chi connectivity index (χ2v) is 5.32. The number of carboxylic acids is 1. The Morgan fingerprint density at radius 3 is 2.70 bits per heavy atom. The third-order valence-electron chi connectivity index (χ3n) is 3.03. The van der Waals surface area contributed by atoms with Crippen molar-refractivity contribution in [3.05, 3.63) is 16.7 Å². The van der Waals surface area contributed by atoms with Crippen LogP contribution in [-0.2, 0) is 4.79 Å². The van der Waals surface area contributed by atoms with Crippen LogP contribution in [0.4, 0.5) is 10.5 Å². The van der Waals surface area contributed by atoms with Crippen molar-refractivity contribution in [1.29, 1.82) is 0 Å². The smallest absolute Gasteiger partial charge is 0.407 e. The van der Waals surface area contributed by atoms with Crippen LogP contribution in [-0.4, -0.2) is 50.9 Å². The second-order valence-electron chi connectivity index (χ2n) is 4.40. The van der Waals surface area contributed by atoms with E-state index in [1.165, 1.54) is 12.3 Å². The number of hydrogen-bond acceptors (Lipinski definition) is 5. The number of amides is 1. The monoisotopic (exact) mass is 345 g/mol. The first-order chi connectivity index (χ1) is 9.34. The van der Waals surface area contributed by atoms with Crippen molar-refractivity contribution in [3.8, 4) is 5.88 Å². The van der Waals surface area contributed by atoms with Crippen LogP contribution in [0.15, 0.2) is 16.7 Å². The van der Waals surface area contributed by atoms with Gasteiger partial charge in [-0.2, -0.15) is 0 Å². The predicted molar refractivity (Wildman–Crippen MR) is 71.6 cm³/mol. The maximum atomic E-state index is 11.5. The maximum Gasteiger partial charge on any atom is 0.407 e. The average molecular weight is 346 g/mol. The molecule has 1 aliphatic heterocycles. The quantitative estimate of drug-likeness (QED) is 0.746. The molecule has 108 valence electrons. The number of halogens is 1. The van der Waals surface area contributed by atoms with Crippen LogP contribution in [0.25, 0.3) is 0 Å². The number of nitrogen functional groups attached to an aromatic ring is 1. The number of aromatic nitrogens is 1. The van der Waals surface area contributed by atoms with Gasteiger partial charge in [-0.1, -0.05) is 0 Å². The molecule has 1 aromatic heterocycles. The first-order valence-electron chi connectivity index (χ1n) is 5.65. The minimum absolute atomic E-state index is 0.0251. The summed E-state index contributed by atoms with van der Waals surface area (Å²) in [5.74, 6) is -1.27. The van der Waals surface area contributed by atoms with Gasteiger partial charge >= 0.3 is 12.1 Å². The third-order valence-corrected chi connectivity index (χ3v) is 3.46. The van der Waals surface area contributed by atoms with Gasteiger partial charge in [0.2, 0.25) is 11.5 Å². The Balaban J connectivity index is 2.27. The predicted octanol–water partition coefficient (Wildman–Crippen LogP) is 1.01. The number of pyridine rings is 1. The molecule has 4 N–H and O–H groups in total. The summed E-state index contributed by atoms with van der Waals surface area (Å²) in [5.41, 5.74) is 4.23. The molecule has 0 radical (unpaired) electrons. The highest BCUT2D eigenvalue weighted by Gasteiger charge is 2.49. The van der Waals surface area contributed by atoms with E-state index >= 15 is 0 Å². The van der Waals surface area contributed by atoms with E-state index in [1.807, 2.05) is 0 Å². The molecule has 0 bridgehead atoms. The van der Waals surface area contributed by atoms with E-state index in [1.54, 1.807) is 0 Å². The number of carboxylic acid groups (broad SMARTS) is 2. The van der Waals surface area contributed by atoms with Crippen molar-refractivity contribution < 1.29 is 24.5 Å². The highest BCUT2D eigenvalue weighted by molar-refractivity contribution is 9.10. The number of anilines is 1. The fourth-order valence-corrected chi connectivity index (χ4v) is 2.31. The van der Waals surface area contributed by atoms with Gasteiger partial charge in [-0.05, 0) is 22.0 Å². The van der Waals surface area contributed by atoms with E-state index in [2.05, 4.69) is 20.9 Å². The average Bonchev–Trinajstić information content (AvgIpc) is 2.79. The molecule has 1 atom stereocenters. The van der Waals surface area contributed by atoms with Crippen LogP contribution in [0.5, 0.6) is 5.88 Å². The van der Waals surface area contributed by atoms with Crippen molar-refractivity contribution in [1.82, 2.24) is 9.88 Å². The second kappa shape index (κ2) is 5.16. The summed E-state index contributed by atoms with van der Waals surface area (Å²) in [6.45, 7) is -0.188. The van der Waals surface area contributed by atoms with Crippen molar-refractivity contribution in [2.75, 3.05) is 18.8 Å². The molecule has 0 aromatic carbocycles. The molecule has 0 saturated carbocycles. The minimum Gasteiger partial charge on any atom is -0.478 e. The highest BCUT2D eigenvalue weighted by atomic mass is 79.9. The minimum atomic E-state index is -1.66. The molecular weight excluding hydrogens is 334 g/mol. The molecular formula is C11H12BrN3O5. The summed E-state index contributed by atoms with van der Waals surface area (Å²) in [4.78, 5) is 27.3. The fraction of sp³-hybridized carbons (Fsp3) is 0.364. The Kier molecular flexibility index (Phi) is 3.71. The highest BCUT2D eigenvalue weighted by Crippen LogP contribution is 2.31. The molecule has 1 fully saturated rings. The lowest BCUT2D eigenvalue weighted by atomic mass is 10.0. The lowest BCUT2D eigenvalue weighted by Crippen LogP contribution is -2.48. The third kappa shape index (κ3) is 2.62. The van der Waals surface area contributed by atoms with Crippen molar-refractivity contribution >= 4 is 33.7 Å². The maximum absolute atomic E-state index is 11.5. The summed E-state index contributed by atoms with van der Waals surface area (Å²) in [6, 6.07) is 1.53. The molecule has 2 rings (SSSR count). The lowest BCUT2D eigenvalue weighted by Gasteiger charge is -2.25. The van der Waals surface area contributed by atoms with Crippen LogP contribution in [0.1, 0.15) is 6.42 Å². The Hall–Kier alpha value is -2.03. The van der Waals surface area contributed by atoms with E-state index in [-0.39, 0.29) is 31.1 Å². The number of likely N-dealkylation sites (tertiary alicyclic amines) is 1. The van der Waals surface area contributed by atoms with Gasteiger partial charge in [0.15, 0.2) is 0 Å². The Bertz CT molecular complexity index is 567. The van der Waals surface area contributed by atoms with Crippen molar-refractivity contribution in [2.24, 2.45) is 0 Å². The molecule has 1 unspecified atom stereocenters. The van der Waals surface area contributed by atoms with Gasteiger partial charge < -0.3 is 25.6 Å². The van der Waals surface area contributed by atoms with Crippen molar-refractivity contribution in [2.45, 2.75) is 12.0 Å². The number of carbonyl (C=O) groups is 2. The fourth-order valence-electron chi connectivity index (χ4n) is 1.96. The van der Waals surface area contributed by atoms with Gasteiger partial charge in [0.25, 0.3) is 0 Å². The van der Waals surface area contributed by atoms with Crippen LogP contribution < -0.4 is 10.5 Å². The first-order valence-corrected chi connectivity index (χ1v) is 6.45. The summed E-state index contributed by atoms with van der Waals surface area (Å²) in [6.07, 6.45) is 0.269. The Morgan fingerprint density at radius 2 is 2.20 bits per heavy atom. The summed E-state index contributed by atoms with van der Waals surface area (Å²) in [5, 5.41) is 18.3. The Morgan fingerprint density at radius 1 is 1.50 bits per heavy atom. The first kappa shape index (κ1) is 14.4. The molecule has 1 amide bonds. The van der Waals surface area contributed by atoms with Crippen LogP contribution in [0.3, 0.4) is 0 Å². The van der Waals surface area contributed by atoms with Gasteiger partial charge in [-0.15, -0.1) is 0 Å². The number of aliphatic carboxylic acids is 1. The van der Waals surface area contributed by atoms with Crippen LogP contribution in [0, 0.1) is 0 Å². The number of rotatable bonds is 3. The molecule has 1 aliphatic rings. The van der Waals surface area contributed by atoms with Gasteiger partial charge in [-0.3, -0.25) is 0 Å². The number of hydrogen-bond donors (Lipinski definition) is 3. The molecule has 0 aliphatic carbocycles. The van der Waals surface area contributed by atoms with Crippen LogP contribution >= 0.6 is 15.9 Å². The zero-order valence-electron chi connectivity index (χ0n) is 10.2. The molecule has 1 aromatic rings. The number of nitrogens with zero attached hydrogens (tertiary/aromatic N) is 2. The standard InChI is InChI=1S/C11H12BrN3O5/c12-6-3-7(13)8(14-4-6)20-11(9(16)17)1-2-15(5-11)10(18)19/h3-4H,1-2,5,13H2,(H,16,17)(H,18,19).